The molecule has 104 valence electrons. The first-order valence-electron chi connectivity index (χ1n) is 7.01. The third kappa shape index (κ3) is 3.47. The lowest BCUT2D eigenvalue weighted by atomic mass is 10.1. The van der Waals surface area contributed by atoms with Crippen LogP contribution in [0.15, 0.2) is 18.2 Å². The second kappa shape index (κ2) is 6.06. The van der Waals surface area contributed by atoms with Gasteiger partial charge in [-0.25, -0.2) is 0 Å². The first kappa shape index (κ1) is 13.9. The van der Waals surface area contributed by atoms with E-state index in [0.717, 1.165) is 31.6 Å². The molecule has 1 aliphatic heterocycles. The average Bonchev–Trinajstić information content (AvgIpc) is 2.77. The highest BCUT2D eigenvalue weighted by Crippen LogP contribution is 2.24. The molecule has 0 unspecified atom stereocenters. The number of nitrogen functional groups attached to an aromatic ring is 1. The Kier molecular flexibility index (Phi) is 4.43. The normalized spacial score (nSPS) is 14.7. The predicted octanol–water partition coefficient (Wildman–Crippen LogP) is 1.89. The number of amides is 1. The molecule has 0 spiro atoms. The minimum atomic E-state index is 0.120. The first-order chi connectivity index (χ1) is 9.12. The summed E-state index contributed by atoms with van der Waals surface area (Å²) in [5.74, 6) is 0.120. The molecule has 0 saturated carbocycles. The van der Waals surface area contributed by atoms with Crippen LogP contribution >= 0.6 is 0 Å². The maximum atomic E-state index is 12.0. The molecule has 0 bridgehead atoms. The van der Waals surface area contributed by atoms with E-state index in [9.17, 15) is 4.79 Å². The number of hydrogen-bond donors (Lipinski definition) is 2. The van der Waals surface area contributed by atoms with E-state index < -0.39 is 0 Å². The zero-order valence-electron chi connectivity index (χ0n) is 11.8. The number of nitrogens with two attached hydrogens (primary N) is 1. The second-order valence-corrected chi connectivity index (χ2v) is 5.25. The Balaban J connectivity index is 1.88. The molecule has 0 fully saturated rings. The van der Waals surface area contributed by atoms with E-state index in [4.69, 9.17) is 5.73 Å². The molecule has 0 radical (unpaired) electrons. The van der Waals surface area contributed by atoms with Gasteiger partial charge in [0.1, 0.15) is 0 Å². The van der Waals surface area contributed by atoms with Crippen LogP contribution in [0.3, 0.4) is 0 Å². The van der Waals surface area contributed by atoms with Crippen molar-refractivity contribution in [3.63, 3.8) is 0 Å². The summed E-state index contributed by atoms with van der Waals surface area (Å²) in [6, 6.07) is 6.29. The first-order valence-corrected chi connectivity index (χ1v) is 7.01. The molecular formula is C15H23N3O. The number of rotatable bonds is 5. The second-order valence-electron chi connectivity index (χ2n) is 5.25. The van der Waals surface area contributed by atoms with Gasteiger partial charge >= 0.3 is 0 Å². The molecule has 0 saturated heterocycles. The lowest BCUT2D eigenvalue weighted by Gasteiger charge is -2.18. The highest BCUT2D eigenvalue weighted by molar-refractivity contribution is 5.78. The van der Waals surface area contributed by atoms with Crippen LogP contribution in [0.2, 0.25) is 0 Å². The Morgan fingerprint density at radius 2 is 2.00 bits per heavy atom. The van der Waals surface area contributed by atoms with Crippen molar-refractivity contribution < 1.29 is 4.79 Å². The van der Waals surface area contributed by atoms with Gasteiger partial charge in [-0.3, -0.25) is 9.69 Å². The highest BCUT2D eigenvalue weighted by Gasteiger charge is 2.21. The zero-order valence-corrected chi connectivity index (χ0v) is 11.8. The minimum Gasteiger partial charge on any atom is -0.399 e. The predicted molar refractivity (Wildman–Crippen MR) is 77.5 cm³/mol. The fraction of sp³-hybridized carbons (Fsp3) is 0.533. The van der Waals surface area contributed by atoms with Gasteiger partial charge in [0.15, 0.2) is 0 Å². The minimum absolute atomic E-state index is 0.120. The summed E-state index contributed by atoms with van der Waals surface area (Å²) in [5, 5.41) is 3.08. The van der Waals surface area contributed by atoms with E-state index in [-0.39, 0.29) is 5.91 Å². The maximum Gasteiger partial charge on any atom is 0.234 e. The van der Waals surface area contributed by atoms with Crippen LogP contribution in [0.25, 0.3) is 0 Å². The smallest absolute Gasteiger partial charge is 0.234 e. The summed E-state index contributed by atoms with van der Waals surface area (Å²) < 4.78 is 0. The lowest BCUT2D eigenvalue weighted by Crippen LogP contribution is -2.40. The average molecular weight is 261 g/mol. The molecule has 2 rings (SSSR count). The van der Waals surface area contributed by atoms with Gasteiger partial charge in [-0.1, -0.05) is 19.9 Å². The van der Waals surface area contributed by atoms with Crippen LogP contribution < -0.4 is 11.1 Å². The summed E-state index contributed by atoms with van der Waals surface area (Å²) in [6.45, 7) is 6.32. The Hall–Kier alpha value is -1.55. The van der Waals surface area contributed by atoms with Gasteiger partial charge < -0.3 is 11.1 Å². The summed E-state index contributed by atoms with van der Waals surface area (Å²) in [5.41, 5.74) is 9.10. The van der Waals surface area contributed by atoms with E-state index in [2.05, 4.69) is 30.1 Å². The van der Waals surface area contributed by atoms with Crippen LogP contribution in [-0.2, 0) is 17.9 Å². The van der Waals surface area contributed by atoms with Gasteiger partial charge in [-0.05, 0) is 36.1 Å². The molecule has 1 heterocycles. The van der Waals surface area contributed by atoms with Crippen molar-refractivity contribution in [2.45, 2.75) is 45.8 Å². The third-order valence-electron chi connectivity index (χ3n) is 3.74. The van der Waals surface area contributed by atoms with Gasteiger partial charge in [-0.15, -0.1) is 0 Å². The highest BCUT2D eigenvalue weighted by atomic mass is 16.2. The molecule has 0 aliphatic carbocycles. The van der Waals surface area contributed by atoms with Gasteiger partial charge in [0.05, 0.1) is 6.54 Å². The number of nitrogens with one attached hydrogen (secondary N) is 1. The van der Waals surface area contributed by atoms with Crippen LogP contribution in [0.1, 0.15) is 37.8 Å². The van der Waals surface area contributed by atoms with E-state index in [1.54, 1.807) is 0 Å². The Bertz CT molecular complexity index is 455. The van der Waals surface area contributed by atoms with Crippen molar-refractivity contribution in [2.24, 2.45) is 0 Å². The molecule has 1 amide bonds. The fourth-order valence-corrected chi connectivity index (χ4v) is 2.57. The Labute approximate surface area is 115 Å². The van der Waals surface area contributed by atoms with Crippen LogP contribution in [-0.4, -0.2) is 23.4 Å². The number of benzene rings is 1. The van der Waals surface area contributed by atoms with Gasteiger partial charge in [0.25, 0.3) is 0 Å². The molecule has 0 aromatic heterocycles. The fourth-order valence-electron chi connectivity index (χ4n) is 2.57. The molecule has 3 N–H and O–H groups in total. The number of carbonyl (C=O) groups is 1. The van der Waals surface area contributed by atoms with Crippen molar-refractivity contribution in [1.29, 1.82) is 0 Å². The molecule has 1 aromatic rings. The number of hydrogen-bond acceptors (Lipinski definition) is 3. The topological polar surface area (TPSA) is 58.4 Å². The van der Waals surface area contributed by atoms with Crippen molar-refractivity contribution in [3.8, 4) is 0 Å². The quantitative estimate of drug-likeness (QED) is 0.796. The largest absolute Gasteiger partial charge is 0.399 e. The number of nitrogens with zero attached hydrogens (tertiary/aromatic N) is 1. The molecular weight excluding hydrogens is 238 g/mol. The summed E-state index contributed by atoms with van der Waals surface area (Å²) in [4.78, 5) is 14.1. The number of carbonyl (C=O) groups excluding carboxylic acids is 1. The maximum absolute atomic E-state index is 12.0. The number of fused-ring (bicyclic) bond motifs is 1. The van der Waals surface area contributed by atoms with E-state index >= 15 is 0 Å². The van der Waals surface area contributed by atoms with Gasteiger partial charge in [-0.2, -0.15) is 0 Å². The Morgan fingerprint density at radius 3 is 2.68 bits per heavy atom. The summed E-state index contributed by atoms with van der Waals surface area (Å²) >= 11 is 0. The Morgan fingerprint density at radius 1 is 1.32 bits per heavy atom. The van der Waals surface area contributed by atoms with Gasteiger partial charge in [0, 0.05) is 24.8 Å². The van der Waals surface area contributed by atoms with E-state index in [1.165, 1.54) is 11.1 Å². The molecule has 19 heavy (non-hydrogen) atoms. The molecule has 4 nitrogen and oxygen atoms in total. The van der Waals surface area contributed by atoms with Gasteiger partial charge in [0.2, 0.25) is 5.91 Å². The zero-order chi connectivity index (χ0) is 13.8. The van der Waals surface area contributed by atoms with E-state index in [1.807, 2.05) is 12.1 Å². The monoisotopic (exact) mass is 261 g/mol. The molecule has 0 atom stereocenters. The molecule has 1 aliphatic rings. The molecule has 4 heteroatoms. The van der Waals surface area contributed by atoms with Crippen LogP contribution in [0.5, 0.6) is 0 Å². The standard InChI is InChI=1S/C15H23N3O/c1-3-14(4-2)17-15(19)10-18-8-11-5-6-13(16)7-12(11)9-18/h5-7,14H,3-4,8-10,16H2,1-2H3,(H,17,19). The van der Waals surface area contributed by atoms with Crippen molar-refractivity contribution in [2.75, 3.05) is 12.3 Å². The molecule has 1 aromatic carbocycles. The third-order valence-corrected chi connectivity index (χ3v) is 3.74. The number of anilines is 1. The summed E-state index contributed by atoms with van der Waals surface area (Å²) in [6.07, 6.45) is 1.97. The van der Waals surface area contributed by atoms with Crippen molar-refractivity contribution in [1.82, 2.24) is 10.2 Å². The van der Waals surface area contributed by atoms with Crippen LogP contribution in [0, 0.1) is 0 Å². The van der Waals surface area contributed by atoms with Crippen molar-refractivity contribution >= 4 is 11.6 Å². The van der Waals surface area contributed by atoms with Crippen LogP contribution in [0.4, 0.5) is 5.69 Å². The lowest BCUT2D eigenvalue weighted by molar-refractivity contribution is -0.123. The SMILES string of the molecule is CCC(CC)NC(=O)CN1Cc2ccc(N)cc2C1. The van der Waals surface area contributed by atoms with E-state index in [0.29, 0.717) is 12.6 Å². The summed E-state index contributed by atoms with van der Waals surface area (Å²) in [7, 11) is 0. The van der Waals surface area contributed by atoms with Crippen molar-refractivity contribution in [3.05, 3.63) is 29.3 Å².